The summed E-state index contributed by atoms with van der Waals surface area (Å²) < 4.78 is 0. The van der Waals surface area contributed by atoms with Gasteiger partial charge in [0.2, 0.25) is 0 Å². The van der Waals surface area contributed by atoms with Gasteiger partial charge in [-0.25, -0.2) is 4.98 Å². The Morgan fingerprint density at radius 1 is 1.42 bits per heavy atom. The zero-order valence-corrected chi connectivity index (χ0v) is 5.98. The maximum atomic E-state index is 10.7. The molecule has 0 atom stereocenters. The molecule has 0 spiro atoms. The molecular weight excluding hydrogens is 154 g/mol. The van der Waals surface area contributed by atoms with Gasteiger partial charge in [-0.2, -0.15) is 10.5 Å². The number of ketones is 1. The molecule has 1 aromatic rings. The van der Waals surface area contributed by atoms with Crippen LogP contribution in [0, 0.1) is 22.7 Å². The van der Waals surface area contributed by atoms with Gasteiger partial charge in [-0.3, -0.25) is 4.79 Å². The predicted octanol–water partition coefficient (Wildman–Crippen LogP) is 0.660. The van der Waals surface area contributed by atoms with Crippen LogP contribution in [-0.4, -0.2) is 10.8 Å². The number of nitriles is 2. The molecule has 1 aromatic heterocycles. The second-order valence-corrected chi connectivity index (χ2v) is 1.98. The molecule has 0 aliphatic rings. The topological polar surface area (TPSA) is 77.5 Å². The third kappa shape index (κ3) is 1.44. The number of hydrogen-bond acceptors (Lipinski definition) is 4. The lowest BCUT2D eigenvalue weighted by atomic mass is 10.2. The monoisotopic (exact) mass is 157 g/mol. The number of hydrogen-bond donors (Lipinski definition) is 0. The van der Waals surface area contributed by atoms with Crippen LogP contribution in [0.5, 0.6) is 0 Å². The van der Waals surface area contributed by atoms with E-state index in [0.29, 0.717) is 0 Å². The molecular formula is C8H3N3O. The second-order valence-electron chi connectivity index (χ2n) is 1.98. The van der Waals surface area contributed by atoms with Crippen molar-refractivity contribution in [2.45, 2.75) is 0 Å². The number of aromatic nitrogens is 1. The summed E-state index contributed by atoms with van der Waals surface area (Å²) in [6.45, 7) is 0. The van der Waals surface area contributed by atoms with Gasteiger partial charge >= 0.3 is 0 Å². The predicted molar refractivity (Wildman–Crippen MR) is 38.9 cm³/mol. The van der Waals surface area contributed by atoms with Crippen molar-refractivity contribution in [1.82, 2.24) is 4.98 Å². The quantitative estimate of drug-likeness (QED) is 0.443. The Morgan fingerprint density at radius 2 is 2.17 bits per heavy atom. The van der Waals surface area contributed by atoms with Crippen molar-refractivity contribution in [2.24, 2.45) is 0 Å². The molecule has 0 aliphatic carbocycles. The molecule has 0 fully saturated rings. The van der Waals surface area contributed by atoms with Crippen LogP contribution in [0.4, 0.5) is 0 Å². The molecule has 4 nitrogen and oxygen atoms in total. The van der Waals surface area contributed by atoms with E-state index in [1.165, 1.54) is 24.4 Å². The number of Topliss-reactive ketones (excluding diaryl/α,β-unsaturated/α-hetero) is 1. The number of carbonyl (C=O) groups excluding carboxylic acids is 1. The minimum absolute atomic E-state index is 0.205. The van der Waals surface area contributed by atoms with Gasteiger partial charge in [-0.1, -0.05) is 0 Å². The van der Waals surface area contributed by atoms with Crippen molar-refractivity contribution in [3.63, 3.8) is 0 Å². The van der Waals surface area contributed by atoms with Crippen molar-refractivity contribution < 1.29 is 4.79 Å². The van der Waals surface area contributed by atoms with Gasteiger partial charge in [-0.05, 0) is 12.1 Å². The maximum absolute atomic E-state index is 10.7. The first-order valence-electron chi connectivity index (χ1n) is 3.08. The standard InChI is InChI=1S/C8H3N3O/c9-3-7-2-1-6(5-11-7)8(12)4-10/h1-2,5H. The molecule has 12 heavy (non-hydrogen) atoms. The largest absolute Gasteiger partial charge is 0.277 e. The number of pyridine rings is 1. The molecule has 0 saturated carbocycles. The van der Waals surface area contributed by atoms with Crippen molar-refractivity contribution in [3.8, 4) is 12.1 Å². The van der Waals surface area contributed by atoms with E-state index < -0.39 is 5.78 Å². The van der Waals surface area contributed by atoms with Gasteiger partial charge in [-0.15, -0.1) is 0 Å². The van der Waals surface area contributed by atoms with Gasteiger partial charge in [0, 0.05) is 6.20 Å². The summed E-state index contributed by atoms with van der Waals surface area (Å²) in [6, 6.07) is 6.06. The first-order valence-corrected chi connectivity index (χ1v) is 3.08. The van der Waals surface area contributed by atoms with E-state index in [9.17, 15) is 4.79 Å². The molecule has 4 heteroatoms. The van der Waals surface area contributed by atoms with E-state index in [1.54, 1.807) is 6.07 Å². The fourth-order valence-corrected chi connectivity index (χ4v) is 0.659. The van der Waals surface area contributed by atoms with Crippen molar-refractivity contribution in [2.75, 3.05) is 0 Å². The van der Waals surface area contributed by atoms with Gasteiger partial charge in [0.1, 0.15) is 17.8 Å². The van der Waals surface area contributed by atoms with Crippen LogP contribution in [0.15, 0.2) is 18.3 Å². The maximum Gasteiger partial charge on any atom is 0.263 e. The highest BCUT2D eigenvalue weighted by molar-refractivity contribution is 6.07. The molecule has 1 heterocycles. The average Bonchev–Trinajstić information content (AvgIpc) is 2.17. The Kier molecular flexibility index (Phi) is 2.15. The Morgan fingerprint density at radius 3 is 2.58 bits per heavy atom. The van der Waals surface area contributed by atoms with Crippen molar-refractivity contribution in [3.05, 3.63) is 29.6 Å². The van der Waals surface area contributed by atoms with Crippen LogP contribution < -0.4 is 0 Å². The summed E-state index contributed by atoms with van der Waals surface area (Å²) in [6.07, 6.45) is 1.21. The summed E-state index contributed by atoms with van der Waals surface area (Å²) in [5, 5.41) is 16.6. The minimum Gasteiger partial charge on any atom is -0.277 e. The molecule has 0 aliphatic heterocycles. The zero-order chi connectivity index (χ0) is 8.97. The number of carbonyl (C=O) groups is 1. The normalized spacial score (nSPS) is 8.17. The fourth-order valence-electron chi connectivity index (χ4n) is 0.659. The number of nitrogens with zero attached hydrogens (tertiary/aromatic N) is 3. The highest BCUT2D eigenvalue weighted by atomic mass is 16.1. The third-order valence-corrected chi connectivity index (χ3v) is 1.24. The van der Waals surface area contributed by atoms with Gasteiger partial charge in [0.05, 0.1) is 5.56 Å². The highest BCUT2D eigenvalue weighted by Gasteiger charge is 2.03. The minimum atomic E-state index is -0.646. The molecule has 0 unspecified atom stereocenters. The van der Waals surface area contributed by atoms with Crippen molar-refractivity contribution >= 4 is 5.78 Å². The highest BCUT2D eigenvalue weighted by Crippen LogP contribution is 1.99. The molecule has 1 rings (SSSR count). The third-order valence-electron chi connectivity index (χ3n) is 1.24. The van der Waals surface area contributed by atoms with Crippen LogP contribution in [0.3, 0.4) is 0 Å². The molecule has 56 valence electrons. The van der Waals surface area contributed by atoms with E-state index in [4.69, 9.17) is 10.5 Å². The molecule has 0 amide bonds. The van der Waals surface area contributed by atoms with Gasteiger partial charge in [0.15, 0.2) is 0 Å². The van der Waals surface area contributed by atoms with Crippen LogP contribution >= 0.6 is 0 Å². The van der Waals surface area contributed by atoms with Gasteiger partial charge < -0.3 is 0 Å². The summed E-state index contributed by atoms with van der Waals surface area (Å²) in [5.74, 6) is -0.646. The van der Waals surface area contributed by atoms with Crippen LogP contribution in [-0.2, 0) is 0 Å². The summed E-state index contributed by atoms with van der Waals surface area (Å²) in [7, 11) is 0. The molecule has 0 aromatic carbocycles. The molecule has 0 radical (unpaired) electrons. The summed E-state index contributed by atoms with van der Waals surface area (Å²) in [4.78, 5) is 14.4. The van der Waals surface area contributed by atoms with E-state index in [-0.39, 0.29) is 11.3 Å². The SMILES string of the molecule is N#CC(=O)c1ccc(C#N)nc1. The molecule has 0 bridgehead atoms. The molecule has 0 N–H and O–H groups in total. The second kappa shape index (κ2) is 3.27. The summed E-state index contributed by atoms with van der Waals surface area (Å²) in [5.41, 5.74) is 0.431. The Balaban J connectivity index is 3.04. The van der Waals surface area contributed by atoms with E-state index in [0.717, 1.165) is 0 Å². The Hall–Kier alpha value is -2.20. The Bertz CT molecular complexity index is 380. The van der Waals surface area contributed by atoms with Crippen LogP contribution in [0.25, 0.3) is 0 Å². The lowest BCUT2D eigenvalue weighted by Gasteiger charge is -1.90. The van der Waals surface area contributed by atoms with E-state index in [1.807, 2.05) is 0 Å². The van der Waals surface area contributed by atoms with E-state index in [2.05, 4.69) is 4.98 Å². The van der Waals surface area contributed by atoms with Crippen LogP contribution in [0.2, 0.25) is 0 Å². The molecule has 0 saturated heterocycles. The van der Waals surface area contributed by atoms with Crippen LogP contribution in [0.1, 0.15) is 16.1 Å². The number of rotatable bonds is 1. The van der Waals surface area contributed by atoms with E-state index >= 15 is 0 Å². The van der Waals surface area contributed by atoms with Crippen molar-refractivity contribution in [1.29, 1.82) is 10.5 Å². The Labute approximate surface area is 68.7 Å². The fraction of sp³-hybridized carbons (Fsp3) is 0. The zero-order valence-electron chi connectivity index (χ0n) is 5.98. The lowest BCUT2D eigenvalue weighted by Crippen LogP contribution is -1.95. The average molecular weight is 157 g/mol. The summed E-state index contributed by atoms with van der Waals surface area (Å²) >= 11 is 0. The first kappa shape index (κ1) is 7.90. The lowest BCUT2D eigenvalue weighted by molar-refractivity contribution is 0.105. The van der Waals surface area contributed by atoms with Gasteiger partial charge in [0.25, 0.3) is 5.78 Å². The smallest absolute Gasteiger partial charge is 0.263 e. The first-order chi connectivity index (χ1) is 5.77.